The first-order chi connectivity index (χ1) is 7.24. The first-order valence-corrected chi connectivity index (χ1v) is 4.52. The van der Waals surface area contributed by atoms with Gasteiger partial charge in [-0.3, -0.25) is 0 Å². The van der Waals surface area contributed by atoms with Gasteiger partial charge in [-0.25, -0.2) is 4.79 Å². The van der Waals surface area contributed by atoms with Gasteiger partial charge in [-0.05, 0) is 6.07 Å². The number of alkyl carbamates (subject to hydrolysis) is 1. The van der Waals surface area contributed by atoms with E-state index in [1.165, 1.54) is 0 Å². The fourth-order valence-corrected chi connectivity index (χ4v) is 0.983. The number of aromatic hydroxyl groups is 1. The van der Waals surface area contributed by atoms with Gasteiger partial charge in [0.2, 0.25) is 0 Å². The Morgan fingerprint density at radius 3 is 2.93 bits per heavy atom. The Balaban J connectivity index is 2.40. The minimum absolute atomic E-state index is 0.0512. The van der Waals surface area contributed by atoms with Crippen LogP contribution < -0.4 is 5.32 Å². The van der Waals surface area contributed by atoms with Gasteiger partial charge in [0.05, 0.1) is 0 Å². The lowest BCUT2D eigenvalue weighted by atomic mass is 10.2. The van der Waals surface area contributed by atoms with Crippen LogP contribution in [0, 0.1) is 0 Å². The molecule has 0 aliphatic carbocycles. The lowest BCUT2D eigenvalue weighted by molar-refractivity contribution is 0.140. The van der Waals surface area contributed by atoms with E-state index < -0.39 is 6.09 Å². The summed E-state index contributed by atoms with van der Waals surface area (Å²) in [6.07, 6.45) is 1.03. The molecule has 0 aliphatic rings. The van der Waals surface area contributed by atoms with Crippen LogP contribution in [0.5, 0.6) is 5.75 Å². The van der Waals surface area contributed by atoms with Gasteiger partial charge in [0.25, 0.3) is 0 Å². The molecule has 0 radical (unpaired) electrons. The van der Waals surface area contributed by atoms with Gasteiger partial charge in [0.1, 0.15) is 12.4 Å². The summed E-state index contributed by atoms with van der Waals surface area (Å²) in [6, 6.07) is 6.70. The second-order valence-electron chi connectivity index (χ2n) is 2.87. The Morgan fingerprint density at radius 2 is 2.27 bits per heavy atom. The van der Waals surface area contributed by atoms with Crippen molar-refractivity contribution in [1.29, 1.82) is 0 Å². The van der Waals surface area contributed by atoms with E-state index in [1.807, 2.05) is 0 Å². The molecule has 80 valence electrons. The van der Waals surface area contributed by atoms with Crippen molar-refractivity contribution in [3.05, 3.63) is 42.5 Å². The van der Waals surface area contributed by atoms with Crippen LogP contribution in [0.1, 0.15) is 5.56 Å². The largest absolute Gasteiger partial charge is 0.508 e. The van der Waals surface area contributed by atoms with Gasteiger partial charge in [-0.2, -0.15) is 0 Å². The van der Waals surface area contributed by atoms with Gasteiger partial charge in [0, 0.05) is 12.1 Å². The third-order valence-electron chi connectivity index (χ3n) is 1.74. The van der Waals surface area contributed by atoms with Crippen molar-refractivity contribution in [2.75, 3.05) is 6.54 Å². The van der Waals surface area contributed by atoms with Crippen molar-refractivity contribution in [2.24, 2.45) is 0 Å². The van der Waals surface area contributed by atoms with Crippen molar-refractivity contribution < 1.29 is 14.6 Å². The Bertz CT molecular complexity index is 349. The fraction of sp³-hybridized carbons (Fsp3) is 0.182. The lowest BCUT2D eigenvalue weighted by Crippen LogP contribution is -2.23. The summed E-state index contributed by atoms with van der Waals surface area (Å²) < 4.78 is 4.85. The van der Waals surface area contributed by atoms with E-state index in [1.54, 1.807) is 30.3 Å². The molecule has 0 atom stereocenters. The normalized spacial score (nSPS) is 9.33. The van der Waals surface area contributed by atoms with Gasteiger partial charge >= 0.3 is 6.09 Å². The van der Waals surface area contributed by atoms with Crippen LogP contribution in [0.3, 0.4) is 0 Å². The van der Waals surface area contributed by atoms with E-state index in [2.05, 4.69) is 11.9 Å². The fourth-order valence-electron chi connectivity index (χ4n) is 0.983. The van der Waals surface area contributed by atoms with Gasteiger partial charge < -0.3 is 15.2 Å². The number of para-hydroxylation sites is 1. The summed E-state index contributed by atoms with van der Waals surface area (Å²) in [5.74, 6) is 0.119. The molecule has 1 amide bonds. The summed E-state index contributed by atoms with van der Waals surface area (Å²) in [6.45, 7) is 3.87. The minimum atomic E-state index is -0.529. The van der Waals surface area contributed by atoms with Crippen LogP contribution in [0.25, 0.3) is 0 Å². The predicted molar refractivity (Wildman–Crippen MR) is 56.5 cm³/mol. The molecule has 0 heterocycles. The van der Waals surface area contributed by atoms with E-state index in [-0.39, 0.29) is 12.4 Å². The van der Waals surface area contributed by atoms with E-state index in [0.29, 0.717) is 12.1 Å². The molecule has 1 aromatic rings. The molecule has 0 saturated carbocycles. The smallest absolute Gasteiger partial charge is 0.407 e. The van der Waals surface area contributed by atoms with E-state index in [9.17, 15) is 9.90 Å². The molecular formula is C11H13NO3. The summed E-state index contributed by atoms with van der Waals surface area (Å²) in [7, 11) is 0. The topological polar surface area (TPSA) is 58.6 Å². The lowest BCUT2D eigenvalue weighted by Gasteiger charge is -2.06. The molecule has 4 nitrogen and oxygen atoms in total. The van der Waals surface area contributed by atoms with Crippen molar-refractivity contribution in [2.45, 2.75) is 6.61 Å². The van der Waals surface area contributed by atoms with E-state index >= 15 is 0 Å². The summed E-state index contributed by atoms with van der Waals surface area (Å²) in [4.78, 5) is 11.0. The number of ether oxygens (including phenoxy) is 1. The number of carbonyl (C=O) groups is 1. The maximum Gasteiger partial charge on any atom is 0.407 e. The maximum absolute atomic E-state index is 11.0. The third kappa shape index (κ3) is 3.72. The molecular weight excluding hydrogens is 194 g/mol. The van der Waals surface area contributed by atoms with Crippen molar-refractivity contribution in [3.8, 4) is 5.75 Å². The number of hydrogen-bond acceptors (Lipinski definition) is 3. The average molecular weight is 207 g/mol. The molecule has 0 aromatic heterocycles. The number of benzene rings is 1. The van der Waals surface area contributed by atoms with Crippen LogP contribution in [-0.2, 0) is 11.3 Å². The average Bonchev–Trinajstić information content (AvgIpc) is 2.25. The number of rotatable bonds is 4. The molecule has 0 fully saturated rings. The highest BCUT2D eigenvalue weighted by Crippen LogP contribution is 2.16. The maximum atomic E-state index is 11.0. The highest BCUT2D eigenvalue weighted by Gasteiger charge is 2.03. The summed E-state index contributed by atoms with van der Waals surface area (Å²) in [5.41, 5.74) is 0.575. The molecule has 0 saturated heterocycles. The Morgan fingerprint density at radius 1 is 1.53 bits per heavy atom. The van der Waals surface area contributed by atoms with Crippen LogP contribution in [-0.4, -0.2) is 17.7 Å². The van der Waals surface area contributed by atoms with Crippen molar-refractivity contribution >= 4 is 6.09 Å². The molecule has 2 N–H and O–H groups in total. The van der Waals surface area contributed by atoms with Crippen LogP contribution in [0.4, 0.5) is 4.79 Å². The Kier molecular flexibility index (Phi) is 4.22. The number of amides is 1. The van der Waals surface area contributed by atoms with Crippen LogP contribution in [0.15, 0.2) is 36.9 Å². The molecule has 15 heavy (non-hydrogen) atoms. The first-order valence-electron chi connectivity index (χ1n) is 4.52. The Labute approximate surface area is 88.2 Å². The number of phenolic OH excluding ortho intramolecular Hbond substituents is 1. The van der Waals surface area contributed by atoms with Crippen molar-refractivity contribution in [1.82, 2.24) is 5.32 Å². The highest BCUT2D eigenvalue weighted by atomic mass is 16.5. The van der Waals surface area contributed by atoms with E-state index in [4.69, 9.17) is 4.74 Å². The minimum Gasteiger partial charge on any atom is -0.508 e. The van der Waals surface area contributed by atoms with E-state index in [0.717, 1.165) is 0 Å². The monoisotopic (exact) mass is 207 g/mol. The van der Waals surface area contributed by atoms with Crippen LogP contribution >= 0.6 is 0 Å². The van der Waals surface area contributed by atoms with Crippen molar-refractivity contribution in [3.63, 3.8) is 0 Å². The van der Waals surface area contributed by atoms with Crippen LogP contribution in [0.2, 0.25) is 0 Å². The van der Waals surface area contributed by atoms with Gasteiger partial charge in [0.15, 0.2) is 0 Å². The van der Waals surface area contributed by atoms with Gasteiger partial charge in [-0.15, -0.1) is 6.58 Å². The molecule has 1 aromatic carbocycles. The molecule has 0 bridgehead atoms. The zero-order valence-electron chi connectivity index (χ0n) is 8.27. The number of carbonyl (C=O) groups excluding carboxylic acids is 1. The quantitative estimate of drug-likeness (QED) is 0.740. The first kappa shape index (κ1) is 11.1. The zero-order chi connectivity index (χ0) is 11.1. The molecule has 4 heteroatoms. The second-order valence-corrected chi connectivity index (χ2v) is 2.87. The standard InChI is InChI=1S/C11H13NO3/c1-2-7-12-11(14)15-8-9-5-3-4-6-10(9)13/h2-6,13H,1,7-8H2,(H,12,14). The zero-order valence-corrected chi connectivity index (χ0v) is 8.27. The molecule has 1 rings (SSSR count). The second kappa shape index (κ2) is 5.70. The molecule has 0 spiro atoms. The third-order valence-corrected chi connectivity index (χ3v) is 1.74. The number of nitrogens with one attached hydrogen (secondary N) is 1. The summed E-state index contributed by atoms with van der Waals surface area (Å²) in [5, 5.41) is 11.8. The molecule has 0 unspecified atom stereocenters. The SMILES string of the molecule is C=CCNC(=O)OCc1ccccc1O. The molecule has 0 aliphatic heterocycles. The highest BCUT2D eigenvalue weighted by molar-refractivity contribution is 5.67. The Hall–Kier alpha value is -1.97. The summed E-state index contributed by atoms with van der Waals surface area (Å²) >= 11 is 0. The predicted octanol–water partition coefficient (Wildman–Crippen LogP) is 1.80. The number of phenols is 1. The van der Waals surface area contributed by atoms with Gasteiger partial charge in [-0.1, -0.05) is 24.3 Å². The number of hydrogen-bond donors (Lipinski definition) is 2.